The molecule has 0 bridgehead atoms. The lowest BCUT2D eigenvalue weighted by molar-refractivity contribution is -0.274. The molecular weight excluding hydrogens is 447 g/mol. The van der Waals surface area contributed by atoms with Crippen LogP contribution in [0, 0.1) is 11.8 Å². The van der Waals surface area contributed by atoms with Crippen molar-refractivity contribution in [2.24, 2.45) is 11.8 Å². The molecule has 3 atom stereocenters. The van der Waals surface area contributed by atoms with Crippen LogP contribution in [0.1, 0.15) is 41.3 Å². The predicted octanol–water partition coefficient (Wildman–Crippen LogP) is 4.88. The van der Waals surface area contributed by atoms with Crippen molar-refractivity contribution in [3.05, 3.63) is 77.9 Å². The van der Waals surface area contributed by atoms with Gasteiger partial charge < -0.3 is 19.7 Å². The lowest BCUT2D eigenvalue weighted by atomic mass is 10.00. The Morgan fingerprint density at radius 2 is 2.09 bits per heavy atom. The number of anilines is 1. The number of aliphatic hydroxyl groups is 1. The van der Waals surface area contributed by atoms with E-state index in [1.807, 2.05) is 0 Å². The van der Waals surface area contributed by atoms with Crippen molar-refractivity contribution in [3.8, 4) is 5.75 Å². The first-order chi connectivity index (χ1) is 16.2. The van der Waals surface area contributed by atoms with E-state index in [9.17, 15) is 23.1 Å². The van der Waals surface area contributed by atoms with Crippen molar-refractivity contribution in [1.29, 1.82) is 0 Å². The maximum Gasteiger partial charge on any atom is 0.573 e. The van der Waals surface area contributed by atoms with Crippen molar-refractivity contribution in [3.63, 3.8) is 0 Å². The van der Waals surface area contributed by atoms with Gasteiger partial charge in [0.2, 0.25) is 0 Å². The van der Waals surface area contributed by atoms with Gasteiger partial charge in [0.05, 0.1) is 5.56 Å². The molecule has 3 aromatic rings. The SMILES string of the molecule is C[C@H]1C[C@H](Nc2ccncc2C(=O)c2ccn(Cc3cccc(OC(F)(F)F)c3)c2)C[C@@H]1CO. The zero-order valence-electron chi connectivity index (χ0n) is 18.6. The summed E-state index contributed by atoms with van der Waals surface area (Å²) in [5.41, 5.74) is 2.20. The second-order valence-corrected chi connectivity index (χ2v) is 8.75. The van der Waals surface area contributed by atoms with Crippen LogP contribution in [0.25, 0.3) is 0 Å². The number of ketones is 1. The van der Waals surface area contributed by atoms with E-state index in [1.54, 1.807) is 41.4 Å². The van der Waals surface area contributed by atoms with Crippen LogP contribution in [0.4, 0.5) is 18.9 Å². The van der Waals surface area contributed by atoms with Crippen LogP contribution in [0.15, 0.2) is 61.2 Å². The van der Waals surface area contributed by atoms with Gasteiger partial charge >= 0.3 is 6.36 Å². The molecule has 4 rings (SSSR count). The topological polar surface area (TPSA) is 76.4 Å². The van der Waals surface area contributed by atoms with E-state index >= 15 is 0 Å². The number of aliphatic hydroxyl groups excluding tert-OH is 1. The number of carbonyl (C=O) groups excluding carboxylic acids is 1. The first-order valence-electron chi connectivity index (χ1n) is 11.1. The van der Waals surface area contributed by atoms with Gasteiger partial charge in [0.1, 0.15) is 5.75 Å². The molecule has 0 aliphatic heterocycles. The standard InChI is InChI=1S/C25H26F3N3O3/c1-16-9-20(11-19(16)15-32)30-23-5-7-29-12-22(23)24(33)18-6-8-31(14-18)13-17-3-2-4-21(10-17)34-25(26,27)28/h2-8,10,12,14,16,19-20,32H,9,11,13,15H2,1H3,(H,29,30)/t16-,19+,20-/m0/s1. The van der Waals surface area contributed by atoms with Gasteiger partial charge in [-0.1, -0.05) is 19.1 Å². The Morgan fingerprint density at radius 3 is 2.82 bits per heavy atom. The molecule has 6 nitrogen and oxygen atoms in total. The lowest BCUT2D eigenvalue weighted by Crippen LogP contribution is -2.18. The van der Waals surface area contributed by atoms with Crippen LogP contribution >= 0.6 is 0 Å². The van der Waals surface area contributed by atoms with Gasteiger partial charge in [0.25, 0.3) is 0 Å². The van der Waals surface area contributed by atoms with Gasteiger partial charge in [-0.25, -0.2) is 0 Å². The molecule has 1 fully saturated rings. The highest BCUT2D eigenvalue weighted by molar-refractivity contribution is 6.12. The van der Waals surface area contributed by atoms with Crippen LogP contribution < -0.4 is 10.1 Å². The van der Waals surface area contributed by atoms with Gasteiger partial charge in [0, 0.05) is 55.2 Å². The number of halogens is 3. The number of rotatable bonds is 8. The minimum absolute atomic E-state index is 0.153. The number of benzene rings is 1. The molecular formula is C25H26F3N3O3. The van der Waals surface area contributed by atoms with Gasteiger partial charge in [-0.05, 0) is 54.5 Å². The quantitative estimate of drug-likeness (QED) is 0.456. The molecule has 0 amide bonds. The summed E-state index contributed by atoms with van der Waals surface area (Å²) in [5, 5.41) is 13.0. The van der Waals surface area contributed by atoms with Gasteiger partial charge in [0.15, 0.2) is 5.78 Å². The number of hydrogen-bond acceptors (Lipinski definition) is 5. The fourth-order valence-corrected chi connectivity index (χ4v) is 4.51. The Labute approximate surface area is 195 Å². The summed E-state index contributed by atoms with van der Waals surface area (Å²) in [6.45, 7) is 2.55. The monoisotopic (exact) mass is 473 g/mol. The molecule has 0 radical (unpaired) electrons. The minimum Gasteiger partial charge on any atom is -0.406 e. The number of pyridine rings is 1. The first kappa shape index (κ1) is 23.8. The van der Waals surface area contributed by atoms with Crippen LogP contribution in [0.2, 0.25) is 0 Å². The predicted molar refractivity (Wildman–Crippen MR) is 121 cm³/mol. The van der Waals surface area contributed by atoms with E-state index in [-0.39, 0.29) is 36.6 Å². The van der Waals surface area contributed by atoms with E-state index in [0.717, 1.165) is 12.8 Å². The molecule has 180 valence electrons. The van der Waals surface area contributed by atoms with E-state index in [1.165, 1.54) is 24.4 Å². The molecule has 2 N–H and O–H groups in total. The molecule has 1 aliphatic rings. The lowest BCUT2D eigenvalue weighted by Gasteiger charge is -2.16. The highest BCUT2D eigenvalue weighted by atomic mass is 19.4. The zero-order valence-corrected chi connectivity index (χ0v) is 18.6. The Morgan fingerprint density at radius 1 is 1.26 bits per heavy atom. The van der Waals surface area contributed by atoms with Gasteiger partial charge in [-0.2, -0.15) is 0 Å². The molecule has 0 spiro atoms. The summed E-state index contributed by atoms with van der Waals surface area (Å²) in [6, 6.07) is 9.35. The van der Waals surface area contributed by atoms with Crippen molar-refractivity contribution in [1.82, 2.24) is 9.55 Å². The van der Waals surface area contributed by atoms with Crippen LogP contribution in [-0.4, -0.2) is 39.5 Å². The number of hydrogen-bond donors (Lipinski definition) is 2. The van der Waals surface area contributed by atoms with Gasteiger partial charge in [-0.3, -0.25) is 9.78 Å². The molecule has 0 saturated heterocycles. The molecule has 1 saturated carbocycles. The highest BCUT2D eigenvalue weighted by Crippen LogP contribution is 2.34. The smallest absolute Gasteiger partial charge is 0.406 e. The van der Waals surface area contributed by atoms with Crippen molar-refractivity contribution >= 4 is 11.5 Å². The van der Waals surface area contributed by atoms with Crippen molar-refractivity contribution < 1.29 is 27.8 Å². The number of nitrogens with one attached hydrogen (secondary N) is 1. The number of carbonyl (C=O) groups is 1. The van der Waals surface area contributed by atoms with E-state index in [4.69, 9.17) is 0 Å². The third kappa shape index (κ3) is 5.77. The third-order valence-electron chi connectivity index (χ3n) is 6.22. The Balaban J connectivity index is 1.47. The Hall–Kier alpha value is -3.33. The maximum atomic E-state index is 13.2. The van der Waals surface area contributed by atoms with Crippen molar-refractivity contribution in [2.75, 3.05) is 11.9 Å². The molecule has 2 aromatic heterocycles. The highest BCUT2D eigenvalue weighted by Gasteiger charge is 2.32. The average molecular weight is 473 g/mol. The van der Waals surface area contributed by atoms with Crippen molar-refractivity contribution in [2.45, 2.75) is 38.7 Å². The van der Waals surface area contributed by atoms with Crippen LogP contribution in [0.3, 0.4) is 0 Å². The Kier molecular flexibility index (Phi) is 6.92. The second kappa shape index (κ2) is 9.89. The third-order valence-corrected chi connectivity index (χ3v) is 6.22. The minimum atomic E-state index is -4.75. The first-order valence-corrected chi connectivity index (χ1v) is 11.1. The fourth-order valence-electron chi connectivity index (χ4n) is 4.51. The zero-order chi connectivity index (χ0) is 24.3. The number of nitrogens with zero attached hydrogens (tertiary/aromatic N) is 2. The molecule has 1 aromatic carbocycles. The fraction of sp³-hybridized carbons (Fsp3) is 0.360. The van der Waals surface area contributed by atoms with Crippen LogP contribution in [0.5, 0.6) is 5.75 Å². The largest absolute Gasteiger partial charge is 0.573 e. The Bertz CT molecular complexity index is 1150. The summed E-state index contributed by atoms with van der Waals surface area (Å²) in [7, 11) is 0. The summed E-state index contributed by atoms with van der Waals surface area (Å²) in [4.78, 5) is 17.3. The van der Waals surface area contributed by atoms with E-state index in [2.05, 4.69) is 22.0 Å². The van der Waals surface area contributed by atoms with E-state index < -0.39 is 6.36 Å². The number of ether oxygens (including phenoxy) is 1. The van der Waals surface area contributed by atoms with Crippen LogP contribution in [-0.2, 0) is 6.54 Å². The maximum absolute atomic E-state index is 13.2. The molecule has 9 heteroatoms. The average Bonchev–Trinajstić information content (AvgIpc) is 3.38. The molecule has 1 aliphatic carbocycles. The normalized spacial score (nSPS) is 20.3. The second-order valence-electron chi connectivity index (χ2n) is 8.75. The summed E-state index contributed by atoms with van der Waals surface area (Å²) in [6.07, 6.45) is 3.52. The van der Waals surface area contributed by atoms with Gasteiger partial charge in [-0.15, -0.1) is 13.2 Å². The number of alkyl halides is 3. The summed E-state index contributed by atoms with van der Waals surface area (Å²) < 4.78 is 43.2. The number of aromatic nitrogens is 2. The summed E-state index contributed by atoms with van der Waals surface area (Å²) >= 11 is 0. The molecule has 0 unspecified atom stereocenters. The summed E-state index contributed by atoms with van der Waals surface area (Å²) in [5.74, 6) is 0.155. The van der Waals surface area contributed by atoms with E-state index in [0.29, 0.717) is 28.3 Å². The molecule has 2 heterocycles. The molecule has 34 heavy (non-hydrogen) atoms.